The molecule has 0 saturated heterocycles. The van der Waals surface area contributed by atoms with Gasteiger partial charge in [-0.2, -0.15) is 0 Å². The number of carboxylic acids is 1. The zero-order valence-corrected chi connectivity index (χ0v) is 12.5. The number of aromatic nitrogens is 2. The molecule has 2 aromatic rings. The van der Waals surface area contributed by atoms with E-state index in [1.54, 1.807) is 30.9 Å². The van der Waals surface area contributed by atoms with Crippen LogP contribution in [-0.4, -0.2) is 29.0 Å². The SMILES string of the molecule is Cc1csc(C(=O)O)c1S(=O)(=O)NCc1nccn1C. The van der Waals surface area contributed by atoms with Crippen LogP contribution in [0.3, 0.4) is 0 Å². The van der Waals surface area contributed by atoms with Crippen LogP contribution in [0.4, 0.5) is 0 Å². The van der Waals surface area contributed by atoms with Gasteiger partial charge in [0, 0.05) is 19.4 Å². The highest BCUT2D eigenvalue weighted by Crippen LogP contribution is 2.26. The molecule has 0 fully saturated rings. The van der Waals surface area contributed by atoms with Crippen molar-refractivity contribution in [3.63, 3.8) is 0 Å². The van der Waals surface area contributed by atoms with Crippen LogP contribution < -0.4 is 4.72 Å². The largest absolute Gasteiger partial charge is 0.477 e. The van der Waals surface area contributed by atoms with Gasteiger partial charge in [-0.3, -0.25) is 0 Å². The number of hydrogen-bond acceptors (Lipinski definition) is 5. The molecule has 0 saturated carbocycles. The van der Waals surface area contributed by atoms with Gasteiger partial charge >= 0.3 is 5.97 Å². The predicted molar refractivity (Wildman–Crippen MR) is 73.2 cm³/mol. The highest BCUT2D eigenvalue weighted by Gasteiger charge is 2.26. The Morgan fingerprint density at radius 3 is 2.80 bits per heavy atom. The van der Waals surface area contributed by atoms with Crippen molar-refractivity contribution >= 4 is 27.3 Å². The number of nitrogens with zero attached hydrogens (tertiary/aromatic N) is 2. The molecule has 2 rings (SSSR count). The summed E-state index contributed by atoms with van der Waals surface area (Å²) >= 11 is 0.898. The maximum atomic E-state index is 12.2. The minimum Gasteiger partial charge on any atom is -0.477 e. The van der Waals surface area contributed by atoms with Gasteiger partial charge < -0.3 is 9.67 Å². The number of carbonyl (C=O) groups is 1. The molecule has 20 heavy (non-hydrogen) atoms. The number of hydrogen-bond donors (Lipinski definition) is 2. The molecule has 0 aliphatic carbocycles. The van der Waals surface area contributed by atoms with Crippen molar-refractivity contribution < 1.29 is 18.3 Å². The molecule has 2 aromatic heterocycles. The smallest absolute Gasteiger partial charge is 0.347 e. The van der Waals surface area contributed by atoms with Crippen LogP contribution in [0.2, 0.25) is 0 Å². The third kappa shape index (κ3) is 2.74. The maximum Gasteiger partial charge on any atom is 0.347 e. The van der Waals surface area contributed by atoms with E-state index in [-0.39, 0.29) is 16.3 Å². The Bertz CT molecular complexity index is 746. The number of imidazole rings is 1. The van der Waals surface area contributed by atoms with Gasteiger partial charge in [0.05, 0.1) is 6.54 Å². The lowest BCUT2D eigenvalue weighted by atomic mass is 10.3. The highest BCUT2D eigenvalue weighted by molar-refractivity contribution is 7.89. The first-order valence-corrected chi connectivity index (χ1v) is 7.96. The average Bonchev–Trinajstić information content (AvgIpc) is 2.93. The molecule has 0 unspecified atom stereocenters. The third-order valence-corrected chi connectivity index (χ3v) is 5.53. The topological polar surface area (TPSA) is 101 Å². The minimum absolute atomic E-state index is 0.000178. The molecule has 0 amide bonds. The lowest BCUT2D eigenvalue weighted by molar-refractivity contribution is 0.0698. The summed E-state index contributed by atoms with van der Waals surface area (Å²) in [6.07, 6.45) is 3.25. The van der Waals surface area contributed by atoms with Gasteiger partial charge in [-0.25, -0.2) is 22.9 Å². The maximum absolute atomic E-state index is 12.2. The molecule has 0 bridgehead atoms. The van der Waals surface area contributed by atoms with E-state index in [1.807, 2.05) is 0 Å². The molecule has 7 nitrogen and oxygen atoms in total. The summed E-state index contributed by atoms with van der Waals surface area (Å²) in [5.41, 5.74) is 0.416. The van der Waals surface area contributed by atoms with E-state index in [1.165, 1.54) is 5.38 Å². The van der Waals surface area contributed by atoms with Crippen LogP contribution in [-0.2, 0) is 23.6 Å². The number of nitrogens with one attached hydrogen (secondary N) is 1. The number of sulfonamides is 1. The van der Waals surface area contributed by atoms with E-state index in [0.717, 1.165) is 11.3 Å². The van der Waals surface area contributed by atoms with E-state index in [2.05, 4.69) is 9.71 Å². The summed E-state index contributed by atoms with van der Waals surface area (Å²) in [6, 6.07) is 0. The fraction of sp³-hybridized carbons (Fsp3) is 0.273. The van der Waals surface area contributed by atoms with Crippen LogP contribution in [0.15, 0.2) is 22.7 Å². The van der Waals surface area contributed by atoms with Crippen molar-refractivity contribution in [1.82, 2.24) is 14.3 Å². The lowest BCUT2D eigenvalue weighted by Gasteiger charge is -2.07. The summed E-state index contributed by atoms with van der Waals surface area (Å²) in [6.45, 7) is 1.57. The summed E-state index contributed by atoms with van der Waals surface area (Å²) in [5, 5.41) is 10.6. The van der Waals surface area contributed by atoms with Gasteiger partial charge in [0.15, 0.2) is 0 Å². The molecule has 0 radical (unpaired) electrons. The first-order valence-electron chi connectivity index (χ1n) is 5.60. The average molecular weight is 315 g/mol. The third-order valence-electron chi connectivity index (χ3n) is 2.72. The van der Waals surface area contributed by atoms with Gasteiger partial charge in [0.25, 0.3) is 0 Å². The Balaban J connectivity index is 2.29. The molecule has 2 N–H and O–H groups in total. The summed E-state index contributed by atoms with van der Waals surface area (Å²) in [5.74, 6) is -0.709. The monoisotopic (exact) mass is 315 g/mol. The zero-order chi connectivity index (χ0) is 14.9. The molecule has 9 heteroatoms. The van der Waals surface area contributed by atoms with Gasteiger partial charge in [-0.05, 0) is 17.9 Å². The molecule has 108 valence electrons. The van der Waals surface area contributed by atoms with Crippen molar-refractivity contribution in [2.75, 3.05) is 0 Å². The highest BCUT2D eigenvalue weighted by atomic mass is 32.2. The first-order chi connectivity index (χ1) is 9.33. The van der Waals surface area contributed by atoms with Crippen LogP contribution >= 0.6 is 11.3 Å². The molecule has 0 spiro atoms. The number of rotatable bonds is 5. The second kappa shape index (κ2) is 5.35. The van der Waals surface area contributed by atoms with Gasteiger partial charge in [0.1, 0.15) is 15.6 Å². The quantitative estimate of drug-likeness (QED) is 0.856. The van der Waals surface area contributed by atoms with E-state index in [0.29, 0.717) is 11.4 Å². The van der Waals surface area contributed by atoms with E-state index in [4.69, 9.17) is 5.11 Å². The van der Waals surface area contributed by atoms with Crippen LogP contribution in [0, 0.1) is 6.92 Å². The van der Waals surface area contributed by atoms with Crippen molar-refractivity contribution in [1.29, 1.82) is 0 Å². The predicted octanol–water partition coefficient (Wildman–Crippen LogP) is 0.967. The normalized spacial score (nSPS) is 11.7. The van der Waals surface area contributed by atoms with E-state index in [9.17, 15) is 13.2 Å². The van der Waals surface area contributed by atoms with Crippen molar-refractivity contribution in [2.24, 2.45) is 7.05 Å². The fourth-order valence-electron chi connectivity index (χ4n) is 1.71. The van der Waals surface area contributed by atoms with Crippen molar-refractivity contribution in [3.8, 4) is 0 Å². The van der Waals surface area contributed by atoms with Crippen LogP contribution in [0.25, 0.3) is 0 Å². The molecule has 0 aliphatic rings. The Morgan fingerprint density at radius 2 is 2.25 bits per heavy atom. The van der Waals surface area contributed by atoms with Gasteiger partial charge in [-0.1, -0.05) is 0 Å². The molecule has 0 atom stereocenters. The number of thiophene rings is 1. The lowest BCUT2D eigenvalue weighted by Crippen LogP contribution is -2.26. The zero-order valence-electron chi connectivity index (χ0n) is 10.8. The van der Waals surface area contributed by atoms with Crippen LogP contribution in [0.1, 0.15) is 21.1 Å². The molecular formula is C11H13N3O4S2. The Hall–Kier alpha value is -1.71. The second-order valence-corrected chi connectivity index (χ2v) is 6.74. The molecule has 0 aliphatic heterocycles. The number of aryl methyl sites for hydroxylation is 2. The van der Waals surface area contributed by atoms with Crippen molar-refractivity contribution in [3.05, 3.63) is 34.0 Å². The Morgan fingerprint density at radius 1 is 1.55 bits per heavy atom. The van der Waals surface area contributed by atoms with E-state index < -0.39 is 16.0 Å². The number of aromatic carboxylic acids is 1. The molecular weight excluding hydrogens is 302 g/mol. The van der Waals surface area contributed by atoms with Crippen molar-refractivity contribution in [2.45, 2.75) is 18.4 Å². The Kier molecular flexibility index (Phi) is 3.93. The second-order valence-electron chi connectivity index (χ2n) is 4.16. The number of carboxylic acid groups (broad SMARTS) is 1. The van der Waals surface area contributed by atoms with Gasteiger partial charge in [0.2, 0.25) is 10.0 Å². The summed E-state index contributed by atoms with van der Waals surface area (Å²) in [7, 11) is -2.14. The molecule has 2 heterocycles. The van der Waals surface area contributed by atoms with E-state index >= 15 is 0 Å². The summed E-state index contributed by atoms with van der Waals surface area (Å²) in [4.78, 5) is 14.7. The standard InChI is InChI=1S/C11H13N3O4S2/c1-7-6-19-9(11(15)16)10(7)20(17,18)13-5-8-12-3-4-14(8)2/h3-4,6,13H,5H2,1-2H3,(H,15,16). The minimum atomic E-state index is -3.89. The summed E-state index contributed by atoms with van der Waals surface area (Å²) < 4.78 is 28.5. The first kappa shape index (κ1) is 14.7. The fourth-order valence-corrected chi connectivity index (χ4v) is 4.32. The van der Waals surface area contributed by atoms with Gasteiger partial charge in [-0.15, -0.1) is 11.3 Å². The van der Waals surface area contributed by atoms with Crippen LogP contribution in [0.5, 0.6) is 0 Å². The Labute approximate surface area is 119 Å². The molecule has 0 aromatic carbocycles.